The Kier molecular flexibility index (Phi) is 4.68. The summed E-state index contributed by atoms with van der Waals surface area (Å²) in [6, 6.07) is 2.78. The fourth-order valence-electron chi connectivity index (χ4n) is 3.88. The van der Waals surface area contributed by atoms with Crippen LogP contribution in [0.3, 0.4) is 0 Å². The number of aromatic nitrogens is 1. The molecule has 3 rings (SSSR count). The van der Waals surface area contributed by atoms with Gasteiger partial charge in [-0.2, -0.15) is 26.3 Å². The molecule has 1 aromatic heterocycles. The standard InChI is InChI=1S/C18H18F6N2O2/c1-16(2)6-5-13(15(28)18(22,23)24)26(16)9-3-4-12-10(7-9)11(17(19,20)21)8-14(27)25-12/h3-4,7-8,13,15,28H,5-6H2,1-2H3,(H,25,27)/t13-,15+/m1/s1. The van der Waals surface area contributed by atoms with E-state index in [0.29, 0.717) is 12.5 Å². The minimum Gasteiger partial charge on any atom is -0.382 e. The molecule has 2 N–H and O–H groups in total. The number of hydrogen-bond acceptors (Lipinski definition) is 3. The number of aliphatic hydroxyl groups excluding tert-OH is 1. The number of H-pyrrole nitrogens is 1. The van der Waals surface area contributed by atoms with Gasteiger partial charge in [-0.1, -0.05) is 0 Å². The summed E-state index contributed by atoms with van der Waals surface area (Å²) in [6.45, 7) is 3.33. The molecule has 0 bridgehead atoms. The van der Waals surface area contributed by atoms with Crippen molar-refractivity contribution in [3.05, 3.63) is 40.2 Å². The van der Waals surface area contributed by atoms with Crippen LogP contribution in [0.15, 0.2) is 29.1 Å². The first-order valence-electron chi connectivity index (χ1n) is 8.50. The second-order valence-corrected chi connectivity index (χ2v) is 7.55. The number of hydrogen-bond donors (Lipinski definition) is 2. The number of alkyl halides is 6. The van der Waals surface area contributed by atoms with Gasteiger partial charge in [0.15, 0.2) is 6.10 Å². The van der Waals surface area contributed by atoms with Gasteiger partial charge in [0, 0.05) is 28.2 Å². The predicted octanol–water partition coefficient (Wildman–Crippen LogP) is 4.22. The molecule has 1 aliphatic rings. The van der Waals surface area contributed by atoms with Crippen LogP contribution >= 0.6 is 0 Å². The van der Waals surface area contributed by atoms with E-state index in [2.05, 4.69) is 4.98 Å². The van der Waals surface area contributed by atoms with Gasteiger partial charge in [0.05, 0.1) is 11.6 Å². The van der Waals surface area contributed by atoms with E-state index in [1.165, 1.54) is 17.0 Å². The molecule has 0 unspecified atom stereocenters. The molecule has 0 aliphatic carbocycles. The van der Waals surface area contributed by atoms with E-state index < -0.39 is 41.2 Å². The van der Waals surface area contributed by atoms with E-state index in [4.69, 9.17) is 0 Å². The number of aliphatic hydroxyl groups is 1. The molecule has 0 spiro atoms. The molecule has 10 heteroatoms. The van der Waals surface area contributed by atoms with Crippen LogP contribution < -0.4 is 10.5 Å². The lowest BCUT2D eigenvalue weighted by Gasteiger charge is -2.40. The van der Waals surface area contributed by atoms with Gasteiger partial charge in [0.25, 0.3) is 0 Å². The van der Waals surface area contributed by atoms with E-state index in [1.54, 1.807) is 13.8 Å². The highest BCUT2D eigenvalue weighted by atomic mass is 19.4. The third-order valence-electron chi connectivity index (χ3n) is 5.15. The number of pyridine rings is 1. The molecule has 28 heavy (non-hydrogen) atoms. The molecule has 2 aromatic rings. The van der Waals surface area contributed by atoms with Crippen LogP contribution in [0.2, 0.25) is 0 Å². The normalized spacial score (nSPS) is 21.3. The van der Waals surface area contributed by atoms with Crippen molar-refractivity contribution in [1.29, 1.82) is 0 Å². The zero-order chi connectivity index (χ0) is 21.1. The first kappa shape index (κ1) is 20.5. The fraction of sp³-hybridized carbons (Fsp3) is 0.500. The SMILES string of the molecule is CC1(C)CC[C@H]([C@H](O)C(F)(F)F)N1c1ccc2[nH]c(=O)cc(C(F)(F)F)c2c1. The van der Waals surface area contributed by atoms with Crippen LogP contribution in [0, 0.1) is 0 Å². The molecule has 4 nitrogen and oxygen atoms in total. The largest absolute Gasteiger partial charge is 0.417 e. The third kappa shape index (κ3) is 3.57. The smallest absolute Gasteiger partial charge is 0.382 e. The van der Waals surface area contributed by atoms with Crippen LogP contribution in [-0.4, -0.2) is 34.0 Å². The maximum Gasteiger partial charge on any atom is 0.417 e. The van der Waals surface area contributed by atoms with Crippen molar-refractivity contribution in [1.82, 2.24) is 4.98 Å². The van der Waals surface area contributed by atoms with Gasteiger partial charge in [-0.15, -0.1) is 0 Å². The molecule has 0 amide bonds. The molecule has 2 heterocycles. The monoisotopic (exact) mass is 408 g/mol. The van der Waals surface area contributed by atoms with Crippen LogP contribution in [0.4, 0.5) is 32.0 Å². The quantitative estimate of drug-likeness (QED) is 0.732. The van der Waals surface area contributed by atoms with Crippen LogP contribution in [0.5, 0.6) is 0 Å². The molecule has 0 radical (unpaired) electrons. The van der Waals surface area contributed by atoms with Gasteiger partial charge >= 0.3 is 12.4 Å². The number of halogens is 6. The number of anilines is 1. The van der Waals surface area contributed by atoms with E-state index >= 15 is 0 Å². The van der Waals surface area contributed by atoms with Gasteiger partial charge in [-0.25, -0.2) is 0 Å². The first-order chi connectivity index (χ1) is 12.7. The molecule has 1 fully saturated rings. The second-order valence-electron chi connectivity index (χ2n) is 7.55. The maximum absolute atomic E-state index is 13.4. The zero-order valence-corrected chi connectivity index (χ0v) is 14.9. The summed E-state index contributed by atoms with van der Waals surface area (Å²) in [7, 11) is 0. The van der Waals surface area contributed by atoms with Crippen molar-refractivity contribution >= 4 is 16.6 Å². The minimum absolute atomic E-state index is 0.0312. The Morgan fingerprint density at radius 2 is 1.82 bits per heavy atom. The number of nitrogens with zero attached hydrogens (tertiary/aromatic N) is 1. The topological polar surface area (TPSA) is 56.3 Å². The van der Waals surface area contributed by atoms with Gasteiger partial charge < -0.3 is 15.0 Å². The van der Waals surface area contributed by atoms with Crippen LogP contribution in [0.25, 0.3) is 10.9 Å². The molecule has 0 saturated carbocycles. The summed E-state index contributed by atoms with van der Waals surface area (Å²) in [4.78, 5) is 15.1. The van der Waals surface area contributed by atoms with E-state index in [1.807, 2.05) is 0 Å². The molecular formula is C18H18F6N2O2. The first-order valence-corrected chi connectivity index (χ1v) is 8.50. The summed E-state index contributed by atoms with van der Waals surface area (Å²) in [5, 5.41) is 9.46. The van der Waals surface area contributed by atoms with Crippen molar-refractivity contribution in [2.45, 2.75) is 56.7 Å². The average Bonchev–Trinajstić information content (AvgIpc) is 2.86. The molecular weight excluding hydrogens is 390 g/mol. The molecule has 1 aromatic carbocycles. The average molecular weight is 408 g/mol. The lowest BCUT2D eigenvalue weighted by molar-refractivity contribution is -0.209. The lowest BCUT2D eigenvalue weighted by Crippen LogP contribution is -2.52. The summed E-state index contributed by atoms with van der Waals surface area (Å²) in [6.07, 6.45) is -12.0. The summed E-state index contributed by atoms with van der Waals surface area (Å²) in [5.41, 5.74) is -2.88. The maximum atomic E-state index is 13.4. The Morgan fingerprint density at radius 3 is 2.39 bits per heavy atom. The summed E-state index contributed by atoms with van der Waals surface area (Å²) in [5.74, 6) is 0. The number of fused-ring (bicyclic) bond motifs is 1. The van der Waals surface area contributed by atoms with Gasteiger partial charge in [0.2, 0.25) is 5.56 Å². The Hall–Kier alpha value is -2.23. The van der Waals surface area contributed by atoms with Crippen molar-refractivity contribution in [2.24, 2.45) is 0 Å². The molecule has 1 saturated heterocycles. The summed E-state index contributed by atoms with van der Waals surface area (Å²) < 4.78 is 79.4. The van der Waals surface area contributed by atoms with Gasteiger partial charge in [-0.3, -0.25) is 4.79 Å². The molecule has 154 valence electrons. The highest BCUT2D eigenvalue weighted by Gasteiger charge is 2.51. The van der Waals surface area contributed by atoms with Crippen LogP contribution in [-0.2, 0) is 6.18 Å². The number of nitrogens with one attached hydrogen (secondary N) is 1. The predicted molar refractivity (Wildman–Crippen MR) is 91.2 cm³/mol. The number of aromatic amines is 1. The van der Waals surface area contributed by atoms with Gasteiger partial charge in [-0.05, 0) is 44.9 Å². The van der Waals surface area contributed by atoms with Crippen molar-refractivity contribution < 1.29 is 31.4 Å². The Labute approximate surface area is 155 Å². The third-order valence-corrected chi connectivity index (χ3v) is 5.15. The highest BCUT2D eigenvalue weighted by molar-refractivity contribution is 5.86. The zero-order valence-electron chi connectivity index (χ0n) is 14.9. The minimum atomic E-state index is -4.86. The van der Waals surface area contributed by atoms with Crippen molar-refractivity contribution in [2.75, 3.05) is 4.90 Å². The molecule has 2 atom stereocenters. The van der Waals surface area contributed by atoms with Crippen molar-refractivity contribution in [3.63, 3.8) is 0 Å². The van der Waals surface area contributed by atoms with Gasteiger partial charge in [0.1, 0.15) is 0 Å². The Balaban J connectivity index is 2.18. The highest BCUT2D eigenvalue weighted by Crippen LogP contribution is 2.43. The number of benzene rings is 1. The number of rotatable bonds is 2. The van der Waals surface area contributed by atoms with Crippen LogP contribution in [0.1, 0.15) is 32.3 Å². The van der Waals surface area contributed by atoms with Crippen molar-refractivity contribution in [3.8, 4) is 0 Å². The van der Waals surface area contributed by atoms with E-state index in [9.17, 15) is 36.2 Å². The molecule has 1 aliphatic heterocycles. The lowest BCUT2D eigenvalue weighted by atomic mass is 10.0. The van der Waals surface area contributed by atoms with E-state index in [0.717, 1.165) is 6.07 Å². The van der Waals surface area contributed by atoms with E-state index in [-0.39, 0.29) is 23.0 Å². The Morgan fingerprint density at radius 1 is 1.18 bits per heavy atom. The fourth-order valence-corrected chi connectivity index (χ4v) is 3.88. The second kappa shape index (κ2) is 6.40. The summed E-state index contributed by atoms with van der Waals surface area (Å²) >= 11 is 0. The Bertz CT molecular complexity index is 948.